The molecule has 3 N–H and O–H groups in total. The number of likely N-dealkylation sites (tertiary alicyclic amines) is 2. The Balaban J connectivity index is -0.0000000657. The minimum absolute atomic E-state index is 0. The molecular formula is C72H168Cl23N14PS2. The van der Waals surface area contributed by atoms with Gasteiger partial charge in [0.05, 0.1) is 229 Å². The Bertz CT molecular complexity index is 2110. The molecule has 14 nitrogen and oxygen atoms in total. The van der Waals surface area contributed by atoms with E-state index in [1.54, 1.807) is 0 Å². The molecule has 0 aromatic rings. The van der Waals surface area contributed by atoms with Crippen molar-refractivity contribution in [3.63, 3.8) is 0 Å². The molecule has 40 heteroatoms. The molecule has 0 aliphatic carbocycles. The lowest BCUT2D eigenvalue weighted by Gasteiger charge is -2.43. The maximum Gasteiger partial charge on any atom is 0.128 e. The number of nitrogens with zero attached hydrogens (tertiary/aromatic N) is 11. The van der Waals surface area contributed by atoms with E-state index >= 15 is 0 Å². The van der Waals surface area contributed by atoms with Crippen LogP contribution in [0.5, 0.6) is 0 Å². The van der Waals surface area contributed by atoms with Crippen LogP contribution in [0.25, 0.3) is 0 Å². The van der Waals surface area contributed by atoms with Crippen molar-refractivity contribution in [3.8, 4) is 0 Å². The summed E-state index contributed by atoms with van der Waals surface area (Å²) in [4.78, 5) is 8.28. The summed E-state index contributed by atoms with van der Waals surface area (Å²) in [5.74, 6) is 2.94. The number of alkyl halides is 1. The number of hydrogen-bond acceptors (Lipinski definition) is 8. The Morgan fingerprint density at radius 3 is 0.830 bits per heavy atom. The van der Waals surface area contributed by atoms with Crippen LogP contribution in [0, 0.1) is 5.41 Å². The summed E-state index contributed by atoms with van der Waals surface area (Å²) in [6.45, 7) is 56.2. The maximum atomic E-state index is 5.96. The molecule has 704 valence electrons. The monoisotopic (exact) mass is 2130 g/mol. The molecule has 0 amide bonds. The normalized spacial score (nSPS) is 14.8. The zero-order valence-corrected chi connectivity index (χ0v) is 96.8. The Morgan fingerprint density at radius 2 is 0.625 bits per heavy atom. The number of quaternary nitrogens is 6. The highest BCUT2D eigenvalue weighted by Gasteiger charge is 2.38. The molecule has 2 rings (SSSR count). The number of hydrogen-bond donors (Lipinski definition) is 3. The highest BCUT2D eigenvalue weighted by atomic mass is 35.6. The van der Waals surface area contributed by atoms with Crippen molar-refractivity contribution >= 4 is 194 Å². The third-order valence-corrected chi connectivity index (χ3v) is 27.3. The lowest BCUT2D eigenvalue weighted by molar-refractivity contribution is -0.919. The molecule has 112 heavy (non-hydrogen) atoms. The van der Waals surface area contributed by atoms with E-state index in [1.807, 2.05) is 41.5 Å². The van der Waals surface area contributed by atoms with Crippen molar-refractivity contribution < 1.29 is 139 Å². The highest BCUT2D eigenvalue weighted by molar-refractivity contribution is 7.95. The topological polar surface area (TPSA) is 52.3 Å². The van der Waals surface area contributed by atoms with E-state index in [0.29, 0.717) is 27.2 Å². The zero-order chi connectivity index (χ0) is 84.1. The average Bonchev–Trinajstić information content (AvgIpc) is 0.832. The Morgan fingerprint density at radius 1 is 0.348 bits per heavy atom. The van der Waals surface area contributed by atoms with Crippen LogP contribution in [0.2, 0.25) is 0 Å². The first-order valence-electron chi connectivity index (χ1n) is 36.2. The number of piperidine rings is 2. The molecular weight excluding hydrogens is 1970 g/mol. The molecule has 2 saturated heterocycles. The Labute approximate surface area is 828 Å². The summed E-state index contributed by atoms with van der Waals surface area (Å²) >= 11 is 79.6. The minimum atomic E-state index is -0.637. The van der Waals surface area contributed by atoms with E-state index in [1.165, 1.54) is 108 Å². The Hall–Kier alpha value is 7.24. The van der Waals surface area contributed by atoms with Gasteiger partial charge in [0.15, 0.2) is 0 Å². The van der Waals surface area contributed by atoms with E-state index in [4.69, 9.17) is 165 Å². The second kappa shape index (κ2) is 71.1. The van der Waals surface area contributed by atoms with E-state index in [0.717, 1.165) is 91.8 Å². The van der Waals surface area contributed by atoms with Crippen LogP contribution in [-0.4, -0.2) is 324 Å². The number of nitrogens with one attached hydrogen (secondary N) is 3. The third-order valence-electron chi connectivity index (χ3n) is 16.2. The molecule has 0 bridgehead atoms. The van der Waals surface area contributed by atoms with Crippen molar-refractivity contribution in [2.24, 2.45) is 5.41 Å². The van der Waals surface area contributed by atoms with Gasteiger partial charge in [0, 0.05) is 62.5 Å². The van der Waals surface area contributed by atoms with E-state index < -0.39 is 7.26 Å². The first-order chi connectivity index (χ1) is 45.2. The van der Waals surface area contributed by atoms with Crippen LogP contribution < -0.4 is 126 Å². The van der Waals surface area contributed by atoms with E-state index in [-0.39, 0.29) is 156 Å². The van der Waals surface area contributed by atoms with Crippen LogP contribution in [0.1, 0.15) is 189 Å². The molecule has 0 spiro atoms. The van der Waals surface area contributed by atoms with Gasteiger partial charge in [-0.05, 0) is 337 Å². The molecule has 0 atom stereocenters. The molecule has 0 saturated carbocycles. The fourth-order valence-corrected chi connectivity index (χ4v) is 16.7. The molecule has 2 heterocycles. The average molecular weight is 2140 g/mol. The van der Waals surface area contributed by atoms with Crippen LogP contribution in [0.15, 0.2) is 0 Å². The maximum absolute atomic E-state index is 5.96. The molecule has 2 aliphatic heterocycles. The summed E-state index contributed by atoms with van der Waals surface area (Å²) in [5, 5.41) is 0. The van der Waals surface area contributed by atoms with E-state index in [9.17, 15) is 0 Å². The van der Waals surface area contributed by atoms with Gasteiger partial charge in [0.2, 0.25) is 0 Å². The quantitative estimate of drug-likeness (QED) is 0.0209. The number of halogens is 23. The summed E-state index contributed by atoms with van der Waals surface area (Å²) < 4.78 is 12.3. The van der Waals surface area contributed by atoms with Gasteiger partial charge >= 0.3 is 0 Å². The summed E-state index contributed by atoms with van der Waals surface area (Å²) in [5.41, 5.74) is -0.214. The van der Waals surface area contributed by atoms with Gasteiger partial charge < -0.3 is 139 Å². The minimum Gasteiger partial charge on any atom is -1.00 e. The van der Waals surface area contributed by atoms with Crippen LogP contribution in [0.3, 0.4) is 0 Å². The van der Waals surface area contributed by atoms with Crippen LogP contribution >= 0.6 is 172 Å². The lowest BCUT2D eigenvalue weighted by Crippen LogP contribution is -3.00. The summed E-state index contributed by atoms with van der Waals surface area (Å²) in [6.07, 6.45) is 22.7. The number of rotatable bonds is 31. The predicted molar refractivity (Wildman–Crippen MR) is 489 cm³/mol. The Kier molecular flexibility index (Phi) is 99.2. The summed E-state index contributed by atoms with van der Waals surface area (Å²) in [7, 11) is 30.7. The smallest absolute Gasteiger partial charge is 0.128 e. The molecule has 0 aromatic heterocycles. The molecule has 0 aromatic carbocycles. The number of likely N-dealkylation sites (N-methyl/N-ethyl adjacent to an activating group) is 3. The van der Waals surface area contributed by atoms with Crippen LogP contribution in [0.4, 0.5) is 0 Å². The first kappa shape index (κ1) is 156. The van der Waals surface area contributed by atoms with Crippen molar-refractivity contribution in [2.75, 3.05) is 233 Å². The largest absolute Gasteiger partial charge is 1.00 e. The van der Waals surface area contributed by atoms with E-state index in [2.05, 4.69) is 241 Å². The molecule has 0 unspecified atom stereocenters. The second-order valence-corrected chi connectivity index (χ2v) is 55.5. The first-order valence-corrected chi connectivity index (χ1v) is 49.0. The van der Waals surface area contributed by atoms with Gasteiger partial charge in [-0.2, -0.15) is 0 Å². The van der Waals surface area contributed by atoms with Crippen LogP contribution in [-0.2, 0) is 21.8 Å². The standard InChI is InChI=1S/C11H23ClN.C10H21Cl2N2.C9H21Cl2NP.C8H19Cl2N2.C8H20ClN2.C7H17Cl2N2.C7H18ClN2.C6H14Cl2NS.C6H15ClNS.9ClH/c1-11(2,9-12)10-13(3)7-5-4-6-8-13;1-10(2,13(11)12)9-14(3)7-5-4-6-8-14;1-9(2,12(10)11)7-6-8-13(3,4)5;1-8(2,11(9)10)6-7-12(3,4)5;1-8(2,10-9)6-7-11(3,4)5;1-7(2,10(8)9)6-11(3,4)5;1-7(2,9-8)6-10(3,4)5;1-6(2,9(7)8)5-10(3)4;1-6(2,8-7)5-9(3)4;;;;;;;;;/h4-10H2,1-3H3;4-9H2,1-3H3;6-8H2,1-5H3;6-7H2,1-5H3;10H,6-7H2,1-5H3;6H2,1-5H3;9H,6H2,1-5H3;5H2,1-4H3;8H,5H2,1-4H3;9*1H/q9*+1;;;;;;;;;/p-9. The second-order valence-electron chi connectivity index (χ2n) is 40.8. The fraction of sp³-hybridized carbons (Fsp3) is 1.00. The molecule has 0 radical (unpaired) electrons. The van der Waals surface area contributed by atoms with Gasteiger partial charge in [0.25, 0.3) is 0 Å². The zero-order valence-electron chi connectivity index (χ0n) is 76.8. The molecule has 2 aliphatic rings. The van der Waals surface area contributed by atoms with Crippen molar-refractivity contribution in [2.45, 2.75) is 233 Å². The fourth-order valence-electron chi connectivity index (χ4n) is 11.3. The molecule has 2 fully saturated rings. The SMILES string of the molecule is CC(C)(CCC[P+](C)(C)C)N(Cl)Cl.CC(C)(CC[N+](C)(C)C)N(Cl)Cl.CC(C)(CC[N+](C)(C)C)NCl.CC(C)(CCl)C[N+]1(C)CCCCC1.CC(C)(C[N+](C)(C)C)N(Cl)Cl.CC(C)(C[N+](C)(C)C)NCl.CC(C)(C[N+]1(C)CCCCC1)N(Cl)Cl.C[S+](C)CC(C)(C)N(Cl)Cl.C[S+](C)CC(C)(C)NCl.[Cl-].[Cl-].[Cl-].[Cl-].[Cl-].[Cl-].[Cl-].[Cl-].[Cl-]. The van der Waals surface area contributed by atoms with Crippen molar-refractivity contribution in [3.05, 3.63) is 0 Å². The van der Waals surface area contributed by atoms with Gasteiger partial charge in [-0.15, -0.1) is 31.3 Å². The van der Waals surface area contributed by atoms with Crippen molar-refractivity contribution in [1.82, 2.24) is 34.2 Å². The van der Waals surface area contributed by atoms with Gasteiger partial charge in [-0.25, -0.2) is 14.5 Å². The highest BCUT2D eigenvalue weighted by Crippen LogP contribution is 2.47. The lowest BCUT2D eigenvalue weighted by atomic mass is 9.93. The summed E-state index contributed by atoms with van der Waals surface area (Å²) in [6, 6.07) is 0. The van der Waals surface area contributed by atoms with Gasteiger partial charge in [-0.3, -0.25) is 0 Å². The predicted octanol–water partition coefficient (Wildman–Crippen LogP) is -6.01. The third kappa shape index (κ3) is 101. The van der Waals surface area contributed by atoms with Gasteiger partial charge in [-0.1, -0.05) is 13.8 Å². The van der Waals surface area contributed by atoms with Crippen molar-refractivity contribution in [1.29, 1.82) is 0 Å². The van der Waals surface area contributed by atoms with Gasteiger partial charge in [0.1, 0.15) is 11.5 Å².